The van der Waals surface area contributed by atoms with E-state index in [1.807, 2.05) is 34.6 Å². The quantitative estimate of drug-likeness (QED) is 0.215. The molecule has 1 aliphatic heterocycles. The number of para-hydroxylation sites is 1. The largest absolute Gasteiger partial charge is 0.489 e. The molecule has 12 nitrogen and oxygen atoms in total. The molecule has 3 aromatic rings. The minimum atomic E-state index is -0.907. The molecule has 50 heavy (non-hydrogen) atoms. The molecule has 0 saturated carbocycles. The molecule has 13 heteroatoms. The van der Waals surface area contributed by atoms with Gasteiger partial charge in [0.15, 0.2) is 0 Å². The first-order valence-electron chi connectivity index (χ1n) is 16.4. The summed E-state index contributed by atoms with van der Waals surface area (Å²) in [5.74, 6) is -0.413. The molecule has 0 unspecified atom stereocenters. The molecular weight excluding hydrogens is 662 g/mol. The molecule has 4 amide bonds. The van der Waals surface area contributed by atoms with Gasteiger partial charge in [0, 0.05) is 32.1 Å². The number of nitrogens with one attached hydrogen (secondary N) is 3. The van der Waals surface area contributed by atoms with Crippen LogP contribution in [0.3, 0.4) is 0 Å². The molecule has 1 saturated heterocycles. The molecule has 0 spiro atoms. The first-order chi connectivity index (χ1) is 23.3. The van der Waals surface area contributed by atoms with E-state index in [9.17, 15) is 19.2 Å². The zero-order chi connectivity index (χ0) is 36.9. The van der Waals surface area contributed by atoms with Crippen LogP contribution in [0.1, 0.15) is 94.5 Å². The lowest BCUT2D eigenvalue weighted by Crippen LogP contribution is -2.44. The molecule has 4 rings (SSSR count). The van der Waals surface area contributed by atoms with Gasteiger partial charge in [0.1, 0.15) is 28.9 Å². The number of halogens is 1. The van der Waals surface area contributed by atoms with E-state index in [2.05, 4.69) is 20.9 Å². The van der Waals surface area contributed by atoms with Crippen molar-refractivity contribution >= 4 is 47.1 Å². The van der Waals surface area contributed by atoms with Gasteiger partial charge < -0.3 is 35.1 Å². The van der Waals surface area contributed by atoms with Crippen molar-refractivity contribution in [2.45, 2.75) is 91.1 Å². The standard InChI is InChI=1S/C37H46ClN5O7/c1-35(2,3)49-33(46)42-37(7,8)23-13-15-27(29(21-23)48-25-17-19-43(20-18-25)34(47)50-36(4,5)6)32(45)40-28-12-10-9-11-26(28)31(44)41-30-16-14-24(38)22-39-30/h9-16,21-22,25H,17-20H2,1-8H3,(H,40,45)(H,42,46)(H,39,41,44). The molecular formula is C37H46ClN5O7. The lowest BCUT2D eigenvalue weighted by atomic mass is 9.92. The Morgan fingerprint density at radius 1 is 0.800 bits per heavy atom. The Bertz CT molecular complexity index is 1710. The number of alkyl carbamates (subject to hydrolysis) is 1. The predicted octanol–water partition coefficient (Wildman–Crippen LogP) is 7.78. The summed E-state index contributed by atoms with van der Waals surface area (Å²) in [6.07, 6.45) is 1.13. The molecule has 0 radical (unpaired) electrons. The second-order valence-electron chi connectivity index (χ2n) is 14.6. The van der Waals surface area contributed by atoms with Crippen LogP contribution in [0.4, 0.5) is 21.1 Å². The molecule has 2 aromatic carbocycles. The van der Waals surface area contributed by atoms with E-state index in [-0.39, 0.29) is 34.8 Å². The van der Waals surface area contributed by atoms with Crippen LogP contribution in [-0.2, 0) is 15.0 Å². The Hall–Kier alpha value is -4.84. The number of benzene rings is 2. The summed E-state index contributed by atoms with van der Waals surface area (Å²) in [4.78, 5) is 58.2. The minimum absolute atomic E-state index is 0.214. The van der Waals surface area contributed by atoms with Crippen LogP contribution in [0.25, 0.3) is 0 Å². The molecule has 1 aromatic heterocycles. The summed E-state index contributed by atoms with van der Waals surface area (Å²) >= 11 is 5.92. The van der Waals surface area contributed by atoms with Crippen molar-refractivity contribution in [1.82, 2.24) is 15.2 Å². The first kappa shape index (κ1) is 38.0. The maximum absolute atomic E-state index is 13.9. The predicted molar refractivity (Wildman–Crippen MR) is 192 cm³/mol. The number of carbonyl (C=O) groups is 4. The lowest BCUT2D eigenvalue weighted by molar-refractivity contribution is 0.0125. The number of anilines is 2. The van der Waals surface area contributed by atoms with E-state index in [4.69, 9.17) is 25.8 Å². The van der Waals surface area contributed by atoms with Gasteiger partial charge in [-0.1, -0.05) is 29.8 Å². The third-order valence-electron chi connectivity index (χ3n) is 7.54. The number of hydrogen-bond donors (Lipinski definition) is 3. The van der Waals surface area contributed by atoms with Crippen LogP contribution in [-0.4, -0.2) is 64.3 Å². The number of aromatic nitrogens is 1. The van der Waals surface area contributed by atoms with E-state index in [1.54, 1.807) is 80.3 Å². The number of pyridine rings is 1. The van der Waals surface area contributed by atoms with Crippen LogP contribution in [0, 0.1) is 0 Å². The maximum Gasteiger partial charge on any atom is 0.410 e. The highest BCUT2D eigenvalue weighted by atomic mass is 35.5. The summed E-state index contributed by atoms with van der Waals surface area (Å²) in [6.45, 7) is 15.3. The average Bonchev–Trinajstić information content (AvgIpc) is 3.00. The van der Waals surface area contributed by atoms with E-state index < -0.39 is 34.6 Å². The summed E-state index contributed by atoms with van der Waals surface area (Å²) in [7, 11) is 0. The number of hydrogen-bond acceptors (Lipinski definition) is 8. The number of rotatable bonds is 8. The zero-order valence-electron chi connectivity index (χ0n) is 29.8. The summed E-state index contributed by atoms with van der Waals surface area (Å²) < 4.78 is 17.5. The van der Waals surface area contributed by atoms with Crippen LogP contribution < -0.4 is 20.7 Å². The van der Waals surface area contributed by atoms with Gasteiger partial charge in [0.2, 0.25) is 0 Å². The number of carbonyl (C=O) groups excluding carboxylic acids is 4. The fraction of sp³-hybridized carbons (Fsp3) is 0.432. The second kappa shape index (κ2) is 15.4. The van der Waals surface area contributed by atoms with Crippen molar-refractivity contribution in [3.8, 4) is 5.75 Å². The van der Waals surface area contributed by atoms with Crippen molar-refractivity contribution in [3.63, 3.8) is 0 Å². The summed E-state index contributed by atoms with van der Waals surface area (Å²) in [5, 5.41) is 8.90. The highest BCUT2D eigenvalue weighted by Crippen LogP contribution is 2.31. The van der Waals surface area contributed by atoms with Crippen molar-refractivity contribution in [2.75, 3.05) is 23.7 Å². The van der Waals surface area contributed by atoms with Crippen LogP contribution >= 0.6 is 11.6 Å². The molecule has 2 heterocycles. The Morgan fingerprint density at radius 2 is 1.44 bits per heavy atom. The van der Waals surface area contributed by atoms with Crippen LogP contribution in [0.15, 0.2) is 60.8 Å². The first-order valence-corrected chi connectivity index (χ1v) is 16.8. The molecule has 0 aliphatic carbocycles. The number of nitrogens with zero attached hydrogens (tertiary/aromatic N) is 2. The average molecular weight is 708 g/mol. The van der Waals surface area contributed by atoms with Gasteiger partial charge in [0.05, 0.1) is 27.4 Å². The number of piperidine rings is 1. The van der Waals surface area contributed by atoms with E-state index in [0.29, 0.717) is 42.3 Å². The van der Waals surface area contributed by atoms with Crippen molar-refractivity contribution in [3.05, 3.63) is 82.5 Å². The van der Waals surface area contributed by atoms with Gasteiger partial charge in [0.25, 0.3) is 11.8 Å². The Balaban J connectivity index is 1.59. The van der Waals surface area contributed by atoms with Gasteiger partial charge in [-0.25, -0.2) is 14.6 Å². The normalized spacial score (nSPS) is 14.0. The van der Waals surface area contributed by atoms with Crippen LogP contribution in [0.5, 0.6) is 5.75 Å². The molecule has 1 aliphatic rings. The van der Waals surface area contributed by atoms with Crippen LogP contribution in [0.2, 0.25) is 5.02 Å². The fourth-order valence-electron chi connectivity index (χ4n) is 5.10. The fourth-order valence-corrected chi connectivity index (χ4v) is 5.21. The van der Waals surface area contributed by atoms with E-state index >= 15 is 0 Å². The van der Waals surface area contributed by atoms with Gasteiger partial charge in [-0.05, 0) is 97.4 Å². The minimum Gasteiger partial charge on any atom is -0.489 e. The highest BCUT2D eigenvalue weighted by molar-refractivity contribution is 6.30. The van der Waals surface area contributed by atoms with Crippen molar-refractivity contribution in [2.24, 2.45) is 0 Å². The Morgan fingerprint density at radius 3 is 2.06 bits per heavy atom. The molecule has 0 bridgehead atoms. The summed E-state index contributed by atoms with van der Waals surface area (Å²) in [6, 6.07) is 14.9. The Kier molecular flexibility index (Phi) is 11.7. The highest BCUT2D eigenvalue weighted by Gasteiger charge is 2.31. The molecule has 268 valence electrons. The number of ether oxygens (including phenoxy) is 3. The van der Waals surface area contributed by atoms with Gasteiger partial charge in [-0.3, -0.25) is 9.59 Å². The molecule has 3 N–H and O–H groups in total. The second-order valence-corrected chi connectivity index (χ2v) is 15.0. The zero-order valence-corrected chi connectivity index (χ0v) is 30.6. The van der Waals surface area contributed by atoms with E-state index in [0.717, 1.165) is 0 Å². The Labute approximate surface area is 298 Å². The number of likely N-dealkylation sites (tertiary alicyclic amines) is 1. The van der Waals surface area contributed by atoms with Gasteiger partial charge >= 0.3 is 12.2 Å². The van der Waals surface area contributed by atoms with E-state index in [1.165, 1.54) is 6.20 Å². The smallest absolute Gasteiger partial charge is 0.410 e. The van der Waals surface area contributed by atoms with Crippen molar-refractivity contribution in [1.29, 1.82) is 0 Å². The third kappa shape index (κ3) is 10.8. The molecule has 0 atom stereocenters. The van der Waals surface area contributed by atoms with Gasteiger partial charge in [-0.2, -0.15) is 0 Å². The maximum atomic E-state index is 13.9. The SMILES string of the molecule is CC(C)(C)OC(=O)NC(C)(C)c1ccc(C(=O)Nc2ccccc2C(=O)Nc2ccc(Cl)cn2)c(OC2CCN(C(=O)OC(C)(C)C)CC2)c1. The topological polar surface area (TPSA) is 148 Å². The third-order valence-corrected chi connectivity index (χ3v) is 7.76. The lowest BCUT2D eigenvalue weighted by Gasteiger charge is -2.34. The molecule has 1 fully saturated rings. The van der Waals surface area contributed by atoms with Crippen molar-refractivity contribution < 1.29 is 33.4 Å². The number of amides is 4. The van der Waals surface area contributed by atoms with Gasteiger partial charge in [-0.15, -0.1) is 0 Å². The monoisotopic (exact) mass is 707 g/mol. The summed E-state index contributed by atoms with van der Waals surface area (Å²) in [5.41, 5.74) is -0.842.